The maximum Gasteiger partial charge on any atom is 0.152 e. The summed E-state index contributed by atoms with van der Waals surface area (Å²) in [5, 5.41) is 12.2. The van der Waals surface area contributed by atoms with Gasteiger partial charge in [-0.2, -0.15) is 0 Å². The van der Waals surface area contributed by atoms with Gasteiger partial charge in [0.15, 0.2) is 5.82 Å². The zero-order valence-electron chi connectivity index (χ0n) is 9.51. The summed E-state index contributed by atoms with van der Waals surface area (Å²) < 4.78 is 5.25. The quantitative estimate of drug-likeness (QED) is 0.868. The lowest BCUT2D eigenvalue weighted by Gasteiger charge is -2.08. The predicted molar refractivity (Wildman–Crippen MR) is 69.3 cm³/mol. The van der Waals surface area contributed by atoms with E-state index in [0.717, 1.165) is 5.69 Å². The standard InChI is InChI=1S/C12H12ClN3O2/c13-11-7-14-8-15-12(11)16-9-1-3-10(4-2-9)18-6-5-17/h1-4,7-8,17H,5-6H2,(H,14,15,16). The van der Waals surface area contributed by atoms with Crippen LogP contribution in [-0.2, 0) is 0 Å². The SMILES string of the molecule is OCCOc1ccc(Nc2ncncc2Cl)cc1. The Morgan fingerprint density at radius 3 is 2.72 bits per heavy atom. The van der Waals surface area contributed by atoms with Gasteiger partial charge in [-0.05, 0) is 24.3 Å². The van der Waals surface area contributed by atoms with Crippen LogP contribution in [0.15, 0.2) is 36.8 Å². The fourth-order valence-electron chi connectivity index (χ4n) is 1.34. The highest BCUT2D eigenvalue weighted by molar-refractivity contribution is 6.32. The summed E-state index contributed by atoms with van der Waals surface area (Å²) in [6.45, 7) is 0.279. The van der Waals surface area contributed by atoms with E-state index in [1.807, 2.05) is 12.1 Å². The highest BCUT2D eigenvalue weighted by Gasteiger charge is 2.01. The van der Waals surface area contributed by atoms with Crippen LogP contribution in [0.25, 0.3) is 0 Å². The van der Waals surface area contributed by atoms with Crippen molar-refractivity contribution in [1.82, 2.24) is 9.97 Å². The van der Waals surface area contributed by atoms with Crippen LogP contribution >= 0.6 is 11.6 Å². The molecule has 5 nitrogen and oxygen atoms in total. The Morgan fingerprint density at radius 2 is 2.06 bits per heavy atom. The molecule has 2 rings (SSSR count). The van der Waals surface area contributed by atoms with Gasteiger partial charge in [0.2, 0.25) is 0 Å². The Kier molecular flexibility index (Phi) is 4.33. The van der Waals surface area contributed by atoms with Crippen LogP contribution in [0.1, 0.15) is 0 Å². The van der Waals surface area contributed by atoms with Crippen LogP contribution in [0.3, 0.4) is 0 Å². The summed E-state index contributed by atoms with van der Waals surface area (Å²) in [5.74, 6) is 1.25. The van der Waals surface area contributed by atoms with E-state index in [-0.39, 0.29) is 13.2 Å². The van der Waals surface area contributed by atoms with Crippen molar-refractivity contribution >= 4 is 23.1 Å². The van der Waals surface area contributed by atoms with Crippen molar-refractivity contribution in [3.63, 3.8) is 0 Å². The molecular formula is C12H12ClN3O2. The third kappa shape index (κ3) is 3.32. The van der Waals surface area contributed by atoms with Crippen molar-refractivity contribution < 1.29 is 9.84 Å². The number of benzene rings is 1. The molecule has 0 bridgehead atoms. The first kappa shape index (κ1) is 12.6. The van der Waals surface area contributed by atoms with Crippen LogP contribution in [-0.4, -0.2) is 28.3 Å². The summed E-state index contributed by atoms with van der Waals surface area (Å²) in [4.78, 5) is 7.83. The Hall–Kier alpha value is -1.85. The number of ether oxygens (including phenoxy) is 1. The number of nitrogens with one attached hydrogen (secondary N) is 1. The van der Waals surface area contributed by atoms with Crippen LogP contribution in [0.4, 0.5) is 11.5 Å². The zero-order chi connectivity index (χ0) is 12.8. The molecule has 0 radical (unpaired) electrons. The second-order valence-electron chi connectivity index (χ2n) is 3.44. The number of hydrogen-bond donors (Lipinski definition) is 2. The van der Waals surface area contributed by atoms with Gasteiger partial charge in [0, 0.05) is 5.69 Å². The maximum absolute atomic E-state index is 8.64. The summed E-state index contributed by atoms with van der Waals surface area (Å²) >= 11 is 5.93. The third-order valence-electron chi connectivity index (χ3n) is 2.14. The fraction of sp³-hybridized carbons (Fsp3) is 0.167. The van der Waals surface area contributed by atoms with E-state index in [1.54, 1.807) is 12.1 Å². The topological polar surface area (TPSA) is 67.3 Å². The monoisotopic (exact) mass is 265 g/mol. The number of rotatable bonds is 5. The summed E-state index contributed by atoms with van der Waals surface area (Å²) in [6, 6.07) is 7.27. The molecule has 94 valence electrons. The van der Waals surface area contributed by atoms with Crippen LogP contribution in [0.5, 0.6) is 5.75 Å². The molecule has 0 aliphatic heterocycles. The third-order valence-corrected chi connectivity index (χ3v) is 2.42. The van der Waals surface area contributed by atoms with Crippen molar-refractivity contribution in [2.45, 2.75) is 0 Å². The molecule has 0 atom stereocenters. The van der Waals surface area contributed by atoms with E-state index < -0.39 is 0 Å². The number of aliphatic hydroxyl groups excluding tert-OH is 1. The molecule has 0 aliphatic rings. The van der Waals surface area contributed by atoms with Gasteiger partial charge >= 0.3 is 0 Å². The smallest absolute Gasteiger partial charge is 0.152 e. The summed E-state index contributed by atoms with van der Waals surface area (Å²) in [7, 11) is 0. The van der Waals surface area contributed by atoms with Gasteiger partial charge < -0.3 is 15.2 Å². The highest BCUT2D eigenvalue weighted by Crippen LogP contribution is 2.23. The molecule has 1 heterocycles. The number of hydrogen-bond acceptors (Lipinski definition) is 5. The molecule has 0 saturated carbocycles. The summed E-state index contributed by atoms with van der Waals surface area (Å²) in [6.07, 6.45) is 2.95. The Balaban J connectivity index is 2.04. The van der Waals surface area contributed by atoms with Crippen LogP contribution in [0, 0.1) is 0 Å². The lowest BCUT2D eigenvalue weighted by molar-refractivity contribution is 0.201. The van der Waals surface area contributed by atoms with Gasteiger partial charge in [0.1, 0.15) is 23.7 Å². The zero-order valence-corrected chi connectivity index (χ0v) is 10.3. The van der Waals surface area contributed by atoms with Crippen molar-refractivity contribution in [1.29, 1.82) is 0 Å². The van der Waals surface area contributed by atoms with Gasteiger partial charge in [0.05, 0.1) is 12.8 Å². The second kappa shape index (κ2) is 6.18. The van der Waals surface area contributed by atoms with Crippen LogP contribution < -0.4 is 10.1 Å². The second-order valence-corrected chi connectivity index (χ2v) is 3.85. The minimum Gasteiger partial charge on any atom is -0.491 e. The van der Waals surface area contributed by atoms with Crippen molar-refractivity contribution in [3.8, 4) is 5.75 Å². The number of anilines is 2. The first-order valence-electron chi connectivity index (χ1n) is 5.36. The van der Waals surface area contributed by atoms with Crippen molar-refractivity contribution in [2.75, 3.05) is 18.5 Å². The van der Waals surface area contributed by atoms with Crippen molar-refractivity contribution in [3.05, 3.63) is 41.8 Å². The van der Waals surface area contributed by atoms with Gasteiger partial charge in [-0.3, -0.25) is 0 Å². The van der Waals surface area contributed by atoms with E-state index in [0.29, 0.717) is 16.6 Å². The molecule has 0 aliphatic carbocycles. The number of aromatic nitrogens is 2. The lowest BCUT2D eigenvalue weighted by atomic mass is 10.3. The van der Waals surface area contributed by atoms with E-state index >= 15 is 0 Å². The van der Waals surface area contributed by atoms with Gasteiger partial charge in [-0.25, -0.2) is 9.97 Å². The molecule has 1 aromatic carbocycles. The first-order chi connectivity index (χ1) is 8.79. The molecule has 0 spiro atoms. The molecule has 0 amide bonds. The highest BCUT2D eigenvalue weighted by atomic mass is 35.5. The molecule has 0 unspecified atom stereocenters. The Bertz CT molecular complexity index is 505. The average molecular weight is 266 g/mol. The number of aliphatic hydroxyl groups is 1. The normalized spacial score (nSPS) is 10.1. The predicted octanol–water partition coefficient (Wildman–Crippen LogP) is 2.24. The molecule has 0 saturated heterocycles. The Morgan fingerprint density at radius 1 is 1.28 bits per heavy atom. The maximum atomic E-state index is 8.64. The average Bonchev–Trinajstić information content (AvgIpc) is 2.41. The minimum absolute atomic E-state index is 0.00343. The largest absolute Gasteiger partial charge is 0.491 e. The van der Waals surface area contributed by atoms with E-state index in [9.17, 15) is 0 Å². The molecule has 18 heavy (non-hydrogen) atoms. The molecular weight excluding hydrogens is 254 g/mol. The van der Waals surface area contributed by atoms with Gasteiger partial charge in [-0.1, -0.05) is 11.6 Å². The summed E-state index contributed by atoms with van der Waals surface area (Å²) in [5.41, 5.74) is 0.840. The van der Waals surface area contributed by atoms with E-state index in [1.165, 1.54) is 12.5 Å². The Labute approximate surface area is 109 Å². The first-order valence-corrected chi connectivity index (χ1v) is 5.73. The molecule has 6 heteroatoms. The van der Waals surface area contributed by atoms with Crippen molar-refractivity contribution in [2.24, 2.45) is 0 Å². The fourth-order valence-corrected chi connectivity index (χ4v) is 1.49. The lowest BCUT2D eigenvalue weighted by Crippen LogP contribution is -2.01. The minimum atomic E-state index is -0.00343. The van der Waals surface area contributed by atoms with E-state index in [2.05, 4.69) is 15.3 Å². The number of halogens is 1. The van der Waals surface area contributed by atoms with Gasteiger partial charge in [-0.15, -0.1) is 0 Å². The van der Waals surface area contributed by atoms with E-state index in [4.69, 9.17) is 21.4 Å². The molecule has 0 fully saturated rings. The number of nitrogens with zero attached hydrogens (tertiary/aromatic N) is 2. The molecule has 2 aromatic rings. The molecule has 1 aromatic heterocycles. The van der Waals surface area contributed by atoms with Crippen LogP contribution in [0.2, 0.25) is 5.02 Å². The van der Waals surface area contributed by atoms with Gasteiger partial charge in [0.25, 0.3) is 0 Å². The molecule has 2 N–H and O–H groups in total.